The number of hydrogen-bond acceptors (Lipinski definition) is 1. The van der Waals surface area contributed by atoms with Gasteiger partial charge < -0.3 is 4.74 Å². The summed E-state index contributed by atoms with van der Waals surface area (Å²) in [7, 11) is 0. The molecule has 2 heteroatoms. The van der Waals surface area contributed by atoms with Crippen molar-refractivity contribution < 1.29 is 4.74 Å². The summed E-state index contributed by atoms with van der Waals surface area (Å²) in [5.74, 6) is 0. The van der Waals surface area contributed by atoms with Crippen molar-refractivity contribution in [1.82, 2.24) is 0 Å². The van der Waals surface area contributed by atoms with Crippen molar-refractivity contribution in [3.8, 4) is 0 Å². The van der Waals surface area contributed by atoms with Gasteiger partial charge in [0.05, 0.1) is 6.61 Å². The van der Waals surface area contributed by atoms with Gasteiger partial charge in [-0.15, -0.1) is 0 Å². The van der Waals surface area contributed by atoms with E-state index in [1.54, 1.807) is 0 Å². The first-order valence-corrected chi connectivity index (χ1v) is 3.95. The van der Waals surface area contributed by atoms with Gasteiger partial charge in [0.1, 0.15) is 6.10 Å². The average Bonchev–Trinajstić information content (AvgIpc) is 2.64. The molecule has 2 rings (SSSR count). The topological polar surface area (TPSA) is 12.5 Å². The second-order valence-corrected chi connectivity index (χ2v) is 3.24. The average molecular weight is 182 g/mol. The summed E-state index contributed by atoms with van der Waals surface area (Å²) in [5, 5.41) is 0. The predicted octanol–water partition coefficient (Wildman–Crippen LogP) is 2.49. The van der Waals surface area contributed by atoms with Crippen LogP contribution in [0.15, 0.2) is 18.2 Å². The zero-order chi connectivity index (χ0) is 7.84. The second-order valence-electron chi connectivity index (χ2n) is 3.24. The van der Waals surface area contributed by atoms with Crippen LogP contribution in [0.4, 0.5) is 0 Å². The molecule has 1 aliphatic heterocycles. The van der Waals surface area contributed by atoms with Crippen molar-refractivity contribution in [1.29, 1.82) is 0 Å². The van der Waals surface area contributed by atoms with Gasteiger partial charge in [-0.25, -0.2) is 0 Å². The predicted molar refractivity (Wildman–Crippen MR) is 55.0 cm³/mol. The van der Waals surface area contributed by atoms with Crippen molar-refractivity contribution in [3.05, 3.63) is 34.9 Å². The smallest absolute Gasteiger partial charge is 0.106 e. The molecule has 0 amide bonds. The lowest BCUT2D eigenvalue weighted by molar-refractivity contribution is 0.415. The molecule has 12 heavy (non-hydrogen) atoms. The van der Waals surface area contributed by atoms with Crippen molar-refractivity contribution >= 4 is 13.5 Å². The fourth-order valence-corrected chi connectivity index (χ4v) is 1.44. The lowest BCUT2D eigenvalue weighted by atomic mass is 10.1. The standard InChI is InChI=1S/C10H12O.H2S/c1-7-3-8(2)5-9(4-7)10-6-11-10;/h3-5,10H,6H2,1-2H3;1H2/t10-;/m1./s1. The Morgan fingerprint density at radius 1 is 1.17 bits per heavy atom. The van der Waals surface area contributed by atoms with Gasteiger partial charge in [0, 0.05) is 0 Å². The van der Waals surface area contributed by atoms with Crippen molar-refractivity contribution in [2.75, 3.05) is 6.61 Å². The Labute approximate surface area is 80.2 Å². The maximum Gasteiger partial charge on any atom is 0.106 e. The molecule has 0 N–H and O–H groups in total. The molecule has 0 bridgehead atoms. The molecule has 0 aromatic heterocycles. The highest BCUT2D eigenvalue weighted by Gasteiger charge is 2.24. The summed E-state index contributed by atoms with van der Waals surface area (Å²) in [6.07, 6.45) is 0.397. The Morgan fingerprint density at radius 3 is 2.08 bits per heavy atom. The van der Waals surface area contributed by atoms with Crippen LogP contribution in [0.2, 0.25) is 0 Å². The van der Waals surface area contributed by atoms with E-state index in [2.05, 4.69) is 32.0 Å². The highest BCUT2D eigenvalue weighted by molar-refractivity contribution is 7.59. The third-order valence-corrected chi connectivity index (χ3v) is 1.95. The summed E-state index contributed by atoms with van der Waals surface area (Å²) in [6, 6.07) is 6.58. The minimum atomic E-state index is 0. The molecule has 1 atom stereocenters. The van der Waals surface area contributed by atoms with Gasteiger partial charge in [-0.3, -0.25) is 0 Å². The van der Waals surface area contributed by atoms with Crippen LogP contribution >= 0.6 is 13.5 Å². The van der Waals surface area contributed by atoms with E-state index in [1.165, 1.54) is 16.7 Å². The molecule has 1 aromatic rings. The number of benzene rings is 1. The van der Waals surface area contributed by atoms with Crippen LogP contribution in [-0.4, -0.2) is 6.61 Å². The summed E-state index contributed by atoms with van der Waals surface area (Å²) in [4.78, 5) is 0. The first-order valence-electron chi connectivity index (χ1n) is 3.95. The molecule has 0 saturated carbocycles. The third-order valence-electron chi connectivity index (χ3n) is 1.95. The monoisotopic (exact) mass is 182 g/mol. The van der Waals surface area contributed by atoms with Crippen LogP contribution in [0, 0.1) is 13.8 Å². The highest BCUT2D eigenvalue weighted by Crippen LogP contribution is 2.30. The number of rotatable bonds is 1. The van der Waals surface area contributed by atoms with Crippen LogP contribution in [0.3, 0.4) is 0 Å². The van der Waals surface area contributed by atoms with Gasteiger partial charge in [-0.2, -0.15) is 13.5 Å². The number of epoxide rings is 1. The van der Waals surface area contributed by atoms with E-state index in [1.807, 2.05) is 0 Å². The molecule has 0 unspecified atom stereocenters. The van der Waals surface area contributed by atoms with Gasteiger partial charge in [0.2, 0.25) is 0 Å². The van der Waals surface area contributed by atoms with E-state index in [4.69, 9.17) is 4.74 Å². The summed E-state index contributed by atoms with van der Waals surface area (Å²) in [6.45, 7) is 5.15. The van der Waals surface area contributed by atoms with Gasteiger partial charge in [0.25, 0.3) is 0 Å². The van der Waals surface area contributed by atoms with Crippen molar-refractivity contribution in [2.24, 2.45) is 0 Å². The van der Waals surface area contributed by atoms with E-state index in [-0.39, 0.29) is 13.5 Å². The minimum Gasteiger partial charge on any atom is -0.368 e. The molecule has 1 aliphatic rings. The van der Waals surface area contributed by atoms with Gasteiger partial charge >= 0.3 is 0 Å². The van der Waals surface area contributed by atoms with Crippen molar-refractivity contribution in [2.45, 2.75) is 20.0 Å². The zero-order valence-corrected chi connectivity index (χ0v) is 8.42. The van der Waals surface area contributed by atoms with Gasteiger partial charge in [0.15, 0.2) is 0 Å². The quantitative estimate of drug-likeness (QED) is 0.608. The zero-order valence-electron chi connectivity index (χ0n) is 7.42. The van der Waals surface area contributed by atoms with Gasteiger partial charge in [-0.1, -0.05) is 29.3 Å². The van der Waals surface area contributed by atoms with Crippen LogP contribution in [0.1, 0.15) is 22.8 Å². The Hall–Kier alpha value is -0.470. The maximum absolute atomic E-state index is 5.20. The number of aryl methyl sites for hydroxylation is 2. The number of hydrogen-bond donors (Lipinski definition) is 0. The fourth-order valence-electron chi connectivity index (χ4n) is 1.44. The molecule has 1 nitrogen and oxygen atoms in total. The first kappa shape index (κ1) is 9.62. The van der Waals surface area contributed by atoms with E-state index >= 15 is 0 Å². The van der Waals surface area contributed by atoms with Crippen LogP contribution < -0.4 is 0 Å². The van der Waals surface area contributed by atoms with E-state index in [9.17, 15) is 0 Å². The molecular weight excluding hydrogens is 168 g/mol. The normalized spacial score (nSPS) is 20.0. The molecule has 1 fully saturated rings. The largest absolute Gasteiger partial charge is 0.368 e. The van der Waals surface area contributed by atoms with Gasteiger partial charge in [-0.05, 0) is 19.4 Å². The molecular formula is C10H14OS. The van der Waals surface area contributed by atoms with E-state index in [0.717, 1.165) is 6.61 Å². The van der Waals surface area contributed by atoms with Crippen LogP contribution in [0.5, 0.6) is 0 Å². The third kappa shape index (κ3) is 2.02. The SMILES string of the molecule is Cc1cc(C)cc([C@H]2CO2)c1.S. The molecule has 1 aromatic carbocycles. The summed E-state index contributed by atoms with van der Waals surface area (Å²) < 4.78 is 5.20. The summed E-state index contributed by atoms with van der Waals surface area (Å²) >= 11 is 0. The highest BCUT2D eigenvalue weighted by atomic mass is 32.1. The minimum absolute atomic E-state index is 0. The molecule has 66 valence electrons. The lowest BCUT2D eigenvalue weighted by Crippen LogP contribution is -1.84. The molecule has 0 radical (unpaired) electrons. The molecule has 0 aliphatic carbocycles. The molecule has 0 spiro atoms. The molecule has 1 heterocycles. The molecule has 1 saturated heterocycles. The Kier molecular flexibility index (Phi) is 2.80. The lowest BCUT2D eigenvalue weighted by Gasteiger charge is -2.00. The Morgan fingerprint density at radius 2 is 1.67 bits per heavy atom. The van der Waals surface area contributed by atoms with Crippen LogP contribution in [-0.2, 0) is 4.74 Å². The van der Waals surface area contributed by atoms with Crippen molar-refractivity contribution in [3.63, 3.8) is 0 Å². The summed E-state index contributed by atoms with van der Waals surface area (Å²) in [5.41, 5.74) is 3.99. The van der Waals surface area contributed by atoms with E-state index < -0.39 is 0 Å². The number of ether oxygens (including phenoxy) is 1. The van der Waals surface area contributed by atoms with Crippen LogP contribution in [0.25, 0.3) is 0 Å². The Balaban J connectivity index is 0.000000720. The maximum atomic E-state index is 5.20. The first-order chi connectivity index (χ1) is 5.25. The van der Waals surface area contributed by atoms with E-state index in [0.29, 0.717) is 6.10 Å². The Bertz CT molecular complexity index is 259. The fraction of sp³-hybridized carbons (Fsp3) is 0.400. The second kappa shape index (κ2) is 3.50.